The molecule has 3 heteroatoms. The molecular weight excluding hydrogens is 330 g/mol. The largest absolute Gasteiger partial charge is 0.335 e. The molecule has 0 aliphatic carbocycles. The van der Waals surface area contributed by atoms with E-state index in [-0.39, 0.29) is 0 Å². The maximum Gasteiger partial charge on any atom is 0.140 e. The van der Waals surface area contributed by atoms with Crippen molar-refractivity contribution in [1.82, 2.24) is 14.5 Å². The minimum atomic E-state index is 0.445. The topological polar surface area (TPSA) is 30.7 Å². The number of rotatable bonds is 4. The van der Waals surface area contributed by atoms with Crippen LogP contribution < -0.4 is 0 Å². The molecule has 3 rings (SSSR count). The highest BCUT2D eigenvalue weighted by molar-refractivity contribution is 5.85. The lowest BCUT2D eigenvalue weighted by atomic mass is 10.00. The van der Waals surface area contributed by atoms with Crippen LogP contribution in [0.2, 0.25) is 0 Å². The molecule has 0 spiro atoms. The van der Waals surface area contributed by atoms with Crippen LogP contribution in [0.1, 0.15) is 76.4 Å². The highest BCUT2D eigenvalue weighted by Crippen LogP contribution is 2.30. The summed E-state index contributed by atoms with van der Waals surface area (Å²) in [4.78, 5) is 9.90. The molecule has 3 aromatic heterocycles. The second-order valence-electron chi connectivity index (χ2n) is 7.59. The third-order valence-electron chi connectivity index (χ3n) is 4.78. The van der Waals surface area contributed by atoms with Gasteiger partial charge in [0.2, 0.25) is 0 Å². The summed E-state index contributed by atoms with van der Waals surface area (Å²) in [5, 5.41) is 1.27. The van der Waals surface area contributed by atoms with Gasteiger partial charge in [-0.3, -0.25) is 4.98 Å². The van der Waals surface area contributed by atoms with Crippen molar-refractivity contribution in [1.29, 1.82) is 0 Å². The smallest absolute Gasteiger partial charge is 0.140 e. The predicted octanol–water partition coefficient (Wildman–Crippen LogP) is 6.61. The molecule has 0 radical (unpaired) electrons. The van der Waals surface area contributed by atoms with Gasteiger partial charge in [0.1, 0.15) is 5.65 Å². The predicted molar refractivity (Wildman–Crippen MR) is 117 cm³/mol. The normalized spacial score (nSPS) is 11.0. The molecule has 3 heterocycles. The summed E-state index contributed by atoms with van der Waals surface area (Å²) in [7, 11) is 2.08. The van der Waals surface area contributed by atoms with E-state index in [1.165, 1.54) is 28.5 Å². The van der Waals surface area contributed by atoms with Gasteiger partial charge >= 0.3 is 0 Å². The first kappa shape index (κ1) is 21.1. The molecule has 146 valence electrons. The number of nitrogens with zero attached hydrogens (tertiary/aromatic N) is 3. The third-order valence-corrected chi connectivity index (χ3v) is 4.78. The Labute approximate surface area is 164 Å². The van der Waals surface area contributed by atoms with E-state index in [4.69, 9.17) is 9.97 Å². The Morgan fingerprint density at radius 2 is 1.67 bits per heavy atom. The van der Waals surface area contributed by atoms with Crippen molar-refractivity contribution in [2.45, 2.75) is 73.6 Å². The van der Waals surface area contributed by atoms with Gasteiger partial charge in [-0.1, -0.05) is 48.0 Å². The Kier molecular flexibility index (Phi) is 7.18. The SMILES string of the molecule is CCC.CCc1nc(C(C)C)ccc1-c1nc2c(cc1C)c(CC)cn2C. The van der Waals surface area contributed by atoms with E-state index in [9.17, 15) is 0 Å². The van der Waals surface area contributed by atoms with Gasteiger partial charge in [-0.2, -0.15) is 0 Å². The maximum absolute atomic E-state index is 5.02. The zero-order chi connectivity index (χ0) is 20.1. The fourth-order valence-electron chi connectivity index (χ4n) is 3.35. The van der Waals surface area contributed by atoms with E-state index in [1.807, 2.05) is 0 Å². The summed E-state index contributed by atoms with van der Waals surface area (Å²) in [6, 6.07) is 6.63. The van der Waals surface area contributed by atoms with Crippen molar-refractivity contribution in [2.75, 3.05) is 0 Å². The van der Waals surface area contributed by atoms with Crippen molar-refractivity contribution in [3.63, 3.8) is 0 Å². The lowest BCUT2D eigenvalue weighted by Crippen LogP contribution is -2.02. The average Bonchev–Trinajstić information content (AvgIpc) is 2.96. The van der Waals surface area contributed by atoms with Crippen molar-refractivity contribution < 1.29 is 0 Å². The van der Waals surface area contributed by atoms with Crippen LogP contribution in [0, 0.1) is 6.92 Å². The number of fused-ring (bicyclic) bond motifs is 1. The molecule has 0 N–H and O–H groups in total. The number of aromatic nitrogens is 3. The average molecular weight is 366 g/mol. The van der Waals surface area contributed by atoms with Crippen LogP contribution in [0.4, 0.5) is 0 Å². The molecule has 0 unspecified atom stereocenters. The summed E-state index contributed by atoms with van der Waals surface area (Å²) in [6.07, 6.45) is 5.40. The zero-order valence-electron chi connectivity index (χ0n) is 18.3. The highest BCUT2D eigenvalue weighted by Gasteiger charge is 2.15. The molecule has 0 saturated heterocycles. The van der Waals surface area contributed by atoms with Gasteiger partial charge in [0, 0.05) is 35.6 Å². The summed E-state index contributed by atoms with van der Waals surface area (Å²) in [5.41, 5.74) is 8.16. The van der Waals surface area contributed by atoms with E-state index in [1.54, 1.807) is 0 Å². The molecule has 27 heavy (non-hydrogen) atoms. The van der Waals surface area contributed by atoms with Gasteiger partial charge in [-0.15, -0.1) is 0 Å². The van der Waals surface area contributed by atoms with Crippen LogP contribution in [-0.2, 0) is 19.9 Å². The maximum atomic E-state index is 5.02. The molecule has 3 nitrogen and oxygen atoms in total. The van der Waals surface area contributed by atoms with Crippen molar-refractivity contribution in [2.24, 2.45) is 7.05 Å². The van der Waals surface area contributed by atoms with Crippen LogP contribution in [0.3, 0.4) is 0 Å². The first-order valence-electron chi connectivity index (χ1n) is 10.3. The second kappa shape index (κ2) is 9.16. The van der Waals surface area contributed by atoms with E-state index in [0.29, 0.717) is 5.92 Å². The molecule has 0 fully saturated rings. The molecule has 0 aliphatic heterocycles. The quantitative estimate of drug-likeness (QED) is 0.521. The van der Waals surface area contributed by atoms with Crippen LogP contribution in [-0.4, -0.2) is 14.5 Å². The molecule has 0 atom stereocenters. The second-order valence-corrected chi connectivity index (χ2v) is 7.59. The molecule has 0 bridgehead atoms. The fraction of sp³-hybridized carbons (Fsp3) is 0.500. The molecule has 3 aromatic rings. The Hall–Kier alpha value is -2.16. The van der Waals surface area contributed by atoms with Crippen LogP contribution >= 0.6 is 0 Å². The lowest BCUT2D eigenvalue weighted by molar-refractivity contribution is 0.807. The molecule has 0 saturated carbocycles. The van der Waals surface area contributed by atoms with Gasteiger partial charge in [-0.05, 0) is 55.0 Å². The standard InChI is InChI=1S/C21H27N3.C3H8/c1-7-15-12-24(6)21-17(15)11-14(5)20(23-21)16-9-10-19(13(3)4)22-18(16)8-2;1-3-2/h9-13H,7-8H2,1-6H3;3H2,1-2H3. The Morgan fingerprint density at radius 1 is 1.00 bits per heavy atom. The van der Waals surface area contributed by atoms with E-state index in [0.717, 1.165) is 35.6 Å². The lowest BCUT2D eigenvalue weighted by Gasteiger charge is -2.13. The van der Waals surface area contributed by atoms with Crippen molar-refractivity contribution in [3.05, 3.63) is 46.9 Å². The van der Waals surface area contributed by atoms with E-state index < -0.39 is 0 Å². The zero-order valence-corrected chi connectivity index (χ0v) is 18.3. The minimum absolute atomic E-state index is 0.445. The van der Waals surface area contributed by atoms with Gasteiger partial charge in [0.05, 0.1) is 5.69 Å². The summed E-state index contributed by atoms with van der Waals surface area (Å²) in [6.45, 7) is 15.1. The first-order valence-corrected chi connectivity index (χ1v) is 10.3. The third kappa shape index (κ3) is 4.40. The number of pyridine rings is 2. The summed E-state index contributed by atoms with van der Waals surface area (Å²) < 4.78 is 2.14. The highest BCUT2D eigenvalue weighted by atomic mass is 15.0. The number of hydrogen-bond donors (Lipinski definition) is 0. The van der Waals surface area contributed by atoms with Crippen LogP contribution in [0.15, 0.2) is 24.4 Å². The molecule has 0 amide bonds. The summed E-state index contributed by atoms with van der Waals surface area (Å²) >= 11 is 0. The van der Waals surface area contributed by atoms with Crippen LogP contribution in [0.5, 0.6) is 0 Å². The van der Waals surface area contributed by atoms with E-state index in [2.05, 4.69) is 84.5 Å². The minimum Gasteiger partial charge on any atom is -0.335 e. The molecule has 0 aliphatic rings. The van der Waals surface area contributed by atoms with Crippen molar-refractivity contribution >= 4 is 11.0 Å². The number of hydrogen-bond acceptors (Lipinski definition) is 2. The van der Waals surface area contributed by atoms with Crippen LogP contribution in [0.25, 0.3) is 22.3 Å². The Bertz CT molecular complexity index is 904. The molecular formula is C24H35N3. The number of aryl methyl sites for hydroxylation is 4. The summed E-state index contributed by atoms with van der Waals surface area (Å²) in [5.74, 6) is 0.445. The first-order chi connectivity index (χ1) is 12.9. The van der Waals surface area contributed by atoms with Crippen molar-refractivity contribution in [3.8, 4) is 11.3 Å². The monoisotopic (exact) mass is 365 g/mol. The fourth-order valence-corrected chi connectivity index (χ4v) is 3.35. The Morgan fingerprint density at radius 3 is 2.22 bits per heavy atom. The van der Waals surface area contributed by atoms with Gasteiger partial charge in [0.25, 0.3) is 0 Å². The van der Waals surface area contributed by atoms with E-state index >= 15 is 0 Å². The Balaban J connectivity index is 0.000000817. The van der Waals surface area contributed by atoms with Gasteiger partial charge in [-0.25, -0.2) is 4.98 Å². The van der Waals surface area contributed by atoms with Gasteiger partial charge < -0.3 is 4.57 Å². The van der Waals surface area contributed by atoms with Gasteiger partial charge in [0.15, 0.2) is 0 Å². The molecule has 0 aromatic carbocycles.